The minimum Gasteiger partial charge on any atom is -0.289 e. The van der Waals surface area contributed by atoms with Crippen molar-refractivity contribution in [1.82, 2.24) is 4.90 Å². The summed E-state index contributed by atoms with van der Waals surface area (Å²) in [7, 11) is 0. The molecular weight excluding hydrogens is 226 g/mol. The average Bonchev–Trinajstić information content (AvgIpc) is 2.71. The molecule has 4 nitrogen and oxygen atoms in total. The van der Waals surface area contributed by atoms with Crippen LogP contribution in [0.5, 0.6) is 0 Å². The highest BCUT2D eigenvalue weighted by molar-refractivity contribution is 6.22. The first-order chi connectivity index (χ1) is 8.76. The van der Waals surface area contributed by atoms with Crippen LogP contribution in [0.1, 0.15) is 15.9 Å². The van der Waals surface area contributed by atoms with Crippen molar-refractivity contribution in [3.05, 3.63) is 52.7 Å². The van der Waals surface area contributed by atoms with Gasteiger partial charge in [0.05, 0.1) is 6.54 Å². The zero-order valence-corrected chi connectivity index (χ0v) is 9.34. The summed E-state index contributed by atoms with van der Waals surface area (Å²) in [5, 5.41) is 18.0. The number of hydrogen-bond donors (Lipinski definition) is 0. The highest BCUT2D eigenvalue weighted by atomic mass is 16.1. The van der Waals surface area contributed by atoms with Crippen molar-refractivity contribution in [2.45, 2.75) is 0 Å². The molecular formula is C14H7N3O. The second kappa shape index (κ2) is 3.58. The number of nitriles is 2. The maximum Gasteiger partial charge on any atom is 0.192 e. The summed E-state index contributed by atoms with van der Waals surface area (Å²) in [6.07, 6.45) is 3.54. The van der Waals surface area contributed by atoms with Crippen LogP contribution >= 0.6 is 0 Å². The fourth-order valence-electron chi connectivity index (χ4n) is 2.33. The Balaban J connectivity index is 2.21. The van der Waals surface area contributed by atoms with Crippen molar-refractivity contribution in [3.63, 3.8) is 0 Å². The molecule has 84 valence electrons. The summed E-state index contributed by atoms with van der Waals surface area (Å²) in [5.74, 6) is -0.0471. The van der Waals surface area contributed by atoms with Crippen LogP contribution in [-0.2, 0) is 0 Å². The SMILES string of the molecule is N#CC1=CC2=C(CN1C#N)C(=O)c1ccccc12. The van der Waals surface area contributed by atoms with Gasteiger partial charge in [-0.25, -0.2) is 0 Å². The number of rotatable bonds is 0. The lowest BCUT2D eigenvalue weighted by atomic mass is 10.0. The minimum atomic E-state index is -0.0471. The van der Waals surface area contributed by atoms with Crippen molar-refractivity contribution in [2.75, 3.05) is 6.54 Å². The molecule has 1 aromatic rings. The molecule has 2 aliphatic rings. The van der Waals surface area contributed by atoms with Gasteiger partial charge in [-0.05, 0) is 17.2 Å². The molecule has 4 heteroatoms. The lowest BCUT2D eigenvalue weighted by Crippen LogP contribution is -2.24. The van der Waals surface area contributed by atoms with E-state index in [1.54, 1.807) is 12.1 Å². The van der Waals surface area contributed by atoms with E-state index >= 15 is 0 Å². The van der Waals surface area contributed by atoms with Crippen molar-refractivity contribution in [1.29, 1.82) is 10.5 Å². The number of benzene rings is 1. The van der Waals surface area contributed by atoms with E-state index in [1.165, 1.54) is 4.90 Å². The third-order valence-corrected chi connectivity index (χ3v) is 3.18. The van der Waals surface area contributed by atoms with Crippen molar-refractivity contribution < 1.29 is 4.79 Å². The van der Waals surface area contributed by atoms with Gasteiger partial charge in [0.25, 0.3) is 0 Å². The van der Waals surface area contributed by atoms with E-state index in [0.29, 0.717) is 11.1 Å². The molecule has 0 aromatic heterocycles. The Morgan fingerprint density at radius 3 is 2.56 bits per heavy atom. The predicted molar refractivity (Wildman–Crippen MR) is 63.7 cm³/mol. The molecule has 0 bridgehead atoms. The van der Waals surface area contributed by atoms with Crippen molar-refractivity contribution in [3.8, 4) is 12.3 Å². The van der Waals surface area contributed by atoms with Crippen LogP contribution in [0.15, 0.2) is 41.6 Å². The highest BCUT2D eigenvalue weighted by Gasteiger charge is 2.33. The normalized spacial score (nSPS) is 16.7. The first kappa shape index (κ1) is 10.3. The van der Waals surface area contributed by atoms with Gasteiger partial charge in [0.2, 0.25) is 0 Å². The van der Waals surface area contributed by atoms with Gasteiger partial charge in [0.15, 0.2) is 12.0 Å². The van der Waals surface area contributed by atoms with Gasteiger partial charge >= 0.3 is 0 Å². The van der Waals surface area contributed by atoms with Gasteiger partial charge in [0, 0.05) is 11.1 Å². The predicted octanol–water partition coefficient (Wildman–Crippen LogP) is 1.84. The molecule has 0 saturated heterocycles. The molecule has 1 aliphatic carbocycles. The third-order valence-electron chi connectivity index (χ3n) is 3.18. The largest absolute Gasteiger partial charge is 0.289 e. The standard InChI is InChI=1S/C14H7N3O/c15-6-9-5-12-10-3-1-2-4-11(10)14(18)13(12)7-17(9)8-16/h1-5H,7H2. The number of hydrogen-bond acceptors (Lipinski definition) is 4. The molecule has 1 aromatic carbocycles. The van der Waals surface area contributed by atoms with Crippen LogP contribution in [0.25, 0.3) is 5.57 Å². The topological polar surface area (TPSA) is 67.9 Å². The number of allylic oxidation sites excluding steroid dienone is 3. The van der Waals surface area contributed by atoms with Crippen LogP contribution < -0.4 is 0 Å². The van der Waals surface area contributed by atoms with Gasteiger partial charge in [-0.2, -0.15) is 10.5 Å². The van der Waals surface area contributed by atoms with E-state index in [1.807, 2.05) is 30.5 Å². The molecule has 18 heavy (non-hydrogen) atoms. The van der Waals surface area contributed by atoms with E-state index in [2.05, 4.69) is 0 Å². The summed E-state index contributed by atoms with van der Waals surface area (Å²) < 4.78 is 0. The summed E-state index contributed by atoms with van der Waals surface area (Å²) in [6.45, 7) is 0.179. The summed E-state index contributed by atoms with van der Waals surface area (Å²) in [4.78, 5) is 13.4. The van der Waals surface area contributed by atoms with Gasteiger partial charge in [0.1, 0.15) is 11.8 Å². The number of ketones is 1. The Bertz CT molecular complexity index is 713. The molecule has 3 rings (SSSR count). The fraction of sp³-hybridized carbons (Fsp3) is 0.0714. The molecule has 1 heterocycles. The van der Waals surface area contributed by atoms with E-state index in [-0.39, 0.29) is 18.0 Å². The average molecular weight is 233 g/mol. The summed E-state index contributed by atoms with van der Waals surface area (Å²) >= 11 is 0. The van der Waals surface area contributed by atoms with Crippen LogP contribution in [0.3, 0.4) is 0 Å². The van der Waals surface area contributed by atoms with Crippen molar-refractivity contribution in [2.24, 2.45) is 0 Å². The zero-order chi connectivity index (χ0) is 12.7. The summed E-state index contributed by atoms with van der Waals surface area (Å²) in [6, 6.07) is 9.29. The summed E-state index contributed by atoms with van der Waals surface area (Å²) in [5.41, 5.74) is 3.15. The molecule has 0 fully saturated rings. The third kappa shape index (κ3) is 1.20. The minimum absolute atomic E-state index is 0.0471. The molecule has 0 amide bonds. The lowest BCUT2D eigenvalue weighted by Gasteiger charge is -2.19. The second-order valence-corrected chi connectivity index (χ2v) is 4.09. The molecule has 0 N–H and O–H groups in total. The number of nitrogens with zero attached hydrogens (tertiary/aromatic N) is 3. The molecule has 0 spiro atoms. The van der Waals surface area contributed by atoms with E-state index in [9.17, 15) is 4.79 Å². The maximum atomic E-state index is 12.2. The fourth-order valence-corrected chi connectivity index (χ4v) is 2.33. The highest BCUT2D eigenvalue weighted by Crippen LogP contribution is 2.37. The van der Waals surface area contributed by atoms with Gasteiger partial charge < -0.3 is 0 Å². The van der Waals surface area contributed by atoms with Crippen LogP contribution in [-0.4, -0.2) is 17.2 Å². The maximum absolute atomic E-state index is 12.2. The first-order valence-electron chi connectivity index (χ1n) is 5.42. The van der Waals surface area contributed by atoms with Gasteiger partial charge in [-0.3, -0.25) is 9.69 Å². The van der Waals surface area contributed by atoms with E-state index < -0.39 is 0 Å². The second-order valence-electron chi connectivity index (χ2n) is 4.09. The van der Waals surface area contributed by atoms with Crippen LogP contribution in [0, 0.1) is 22.8 Å². The Hall–Kier alpha value is -2.85. The van der Waals surface area contributed by atoms with Crippen molar-refractivity contribution >= 4 is 11.4 Å². The smallest absolute Gasteiger partial charge is 0.192 e. The molecule has 0 radical (unpaired) electrons. The molecule has 0 atom stereocenters. The molecule has 0 unspecified atom stereocenters. The Kier molecular flexibility index (Phi) is 2.05. The number of carbonyl (C=O) groups excluding carboxylic acids is 1. The quantitative estimate of drug-likeness (QED) is 0.641. The van der Waals surface area contributed by atoms with Crippen LogP contribution in [0.2, 0.25) is 0 Å². The van der Waals surface area contributed by atoms with Crippen LogP contribution in [0.4, 0.5) is 0 Å². The van der Waals surface area contributed by atoms with E-state index in [0.717, 1.165) is 11.1 Å². The zero-order valence-electron chi connectivity index (χ0n) is 9.34. The molecule has 0 saturated carbocycles. The number of fused-ring (bicyclic) bond motifs is 2. The van der Waals surface area contributed by atoms with Gasteiger partial charge in [-0.1, -0.05) is 24.3 Å². The lowest BCUT2D eigenvalue weighted by molar-refractivity contribution is 0.103. The monoisotopic (exact) mass is 233 g/mol. The first-order valence-corrected chi connectivity index (χ1v) is 5.42. The number of Topliss-reactive ketones (excluding diaryl/α,β-unsaturated/α-hetero) is 1. The Labute approximate surface area is 104 Å². The van der Waals surface area contributed by atoms with E-state index in [4.69, 9.17) is 10.5 Å². The molecule has 1 aliphatic heterocycles. The Morgan fingerprint density at radius 2 is 1.89 bits per heavy atom. The van der Waals surface area contributed by atoms with Gasteiger partial charge in [-0.15, -0.1) is 0 Å². The Morgan fingerprint density at radius 1 is 1.17 bits per heavy atom. The number of carbonyl (C=O) groups is 1.